The summed E-state index contributed by atoms with van der Waals surface area (Å²) in [7, 11) is 3.67. The maximum atomic E-state index is 5.98. The number of nitrogens with two attached hydrogens (primary N) is 1. The number of pyridine rings is 1. The van der Waals surface area contributed by atoms with Crippen LogP contribution in [-0.4, -0.2) is 19.1 Å². The molecule has 0 saturated heterocycles. The molecule has 4 nitrogen and oxygen atoms in total. The minimum atomic E-state index is 0.00572. The number of ether oxygens (including phenoxy) is 1. The highest BCUT2D eigenvalue weighted by atomic mass is 16.5. The van der Waals surface area contributed by atoms with Gasteiger partial charge in [-0.2, -0.15) is 0 Å². The Morgan fingerprint density at radius 3 is 2.65 bits per heavy atom. The third kappa shape index (κ3) is 3.08. The quantitative estimate of drug-likeness (QED) is 0.906. The van der Waals surface area contributed by atoms with Crippen molar-refractivity contribution in [2.45, 2.75) is 19.4 Å². The summed E-state index contributed by atoms with van der Waals surface area (Å²) >= 11 is 0. The average Bonchev–Trinajstić information content (AvgIpc) is 2.53. The molecule has 0 unspecified atom stereocenters. The van der Waals surface area contributed by atoms with E-state index in [1.54, 1.807) is 7.11 Å². The molecule has 0 bridgehead atoms. The fraction of sp³-hybridized carbons (Fsp3) is 0.312. The lowest BCUT2D eigenvalue weighted by atomic mass is 10.1. The second-order valence-corrected chi connectivity index (χ2v) is 4.72. The van der Waals surface area contributed by atoms with E-state index >= 15 is 0 Å². The van der Waals surface area contributed by atoms with Gasteiger partial charge in [0.1, 0.15) is 5.75 Å². The number of hydrogen-bond donors (Lipinski definition) is 1. The molecular formula is C16H21N3O. The van der Waals surface area contributed by atoms with Crippen LogP contribution in [0.1, 0.15) is 25.1 Å². The molecule has 0 amide bonds. The fourth-order valence-corrected chi connectivity index (χ4v) is 1.99. The van der Waals surface area contributed by atoms with E-state index in [0.29, 0.717) is 0 Å². The minimum absolute atomic E-state index is 0.00572. The van der Waals surface area contributed by atoms with Crippen molar-refractivity contribution in [3.05, 3.63) is 48.3 Å². The average molecular weight is 271 g/mol. The predicted molar refractivity (Wildman–Crippen MR) is 82.5 cm³/mol. The number of anilines is 2. The van der Waals surface area contributed by atoms with Crippen LogP contribution < -0.4 is 15.4 Å². The van der Waals surface area contributed by atoms with Gasteiger partial charge in [-0.05, 0) is 30.7 Å². The molecule has 0 aliphatic rings. The maximum absolute atomic E-state index is 5.98. The molecule has 0 radical (unpaired) electrons. The van der Waals surface area contributed by atoms with E-state index < -0.39 is 0 Å². The van der Waals surface area contributed by atoms with Gasteiger partial charge >= 0.3 is 0 Å². The van der Waals surface area contributed by atoms with E-state index in [2.05, 4.69) is 16.8 Å². The van der Waals surface area contributed by atoms with Crippen LogP contribution in [0.3, 0.4) is 0 Å². The van der Waals surface area contributed by atoms with Gasteiger partial charge in [0.2, 0.25) is 0 Å². The first kappa shape index (κ1) is 14.3. The first-order valence-electron chi connectivity index (χ1n) is 6.75. The molecule has 1 aromatic heterocycles. The van der Waals surface area contributed by atoms with Crippen LogP contribution in [0.4, 0.5) is 11.4 Å². The normalized spacial score (nSPS) is 12.0. The predicted octanol–water partition coefficient (Wildman–Crippen LogP) is 3.27. The first-order valence-corrected chi connectivity index (χ1v) is 6.75. The Hall–Kier alpha value is -2.07. The zero-order valence-electron chi connectivity index (χ0n) is 12.2. The van der Waals surface area contributed by atoms with Gasteiger partial charge in [-0.15, -0.1) is 0 Å². The van der Waals surface area contributed by atoms with Gasteiger partial charge in [0, 0.05) is 24.8 Å². The molecule has 1 atom stereocenters. The van der Waals surface area contributed by atoms with Crippen molar-refractivity contribution in [1.82, 2.24) is 4.98 Å². The molecule has 2 rings (SSSR count). The van der Waals surface area contributed by atoms with E-state index in [1.165, 1.54) is 0 Å². The molecule has 1 heterocycles. The number of rotatable bonds is 5. The molecular weight excluding hydrogens is 250 g/mol. The molecule has 2 N–H and O–H groups in total. The van der Waals surface area contributed by atoms with E-state index in [-0.39, 0.29) is 6.04 Å². The number of methoxy groups -OCH3 is 1. The summed E-state index contributed by atoms with van der Waals surface area (Å²) in [5.74, 6) is 0.840. The lowest BCUT2D eigenvalue weighted by molar-refractivity contribution is 0.415. The Bertz CT molecular complexity index is 554. The van der Waals surface area contributed by atoms with Gasteiger partial charge in [0.25, 0.3) is 0 Å². The second-order valence-electron chi connectivity index (χ2n) is 4.72. The lowest BCUT2D eigenvalue weighted by Gasteiger charge is -2.20. The Kier molecular flexibility index (Phi) is 4.58. The van der Waals surface area contributed by atoms with Crippen molar-refractivity contribution >= 4 is 11.4 Å². The van der Waals surface area contributed by atoms with E-state index in [1.807, 2.05) is 49.6 Å². The third-order valence-corrected chi connectivity index (χ3v) is 3.42. The maximum Gasteiger partial charge on any atom is 0.120 e. The number of hydrogen-bond acceptors (Lipinski definition) is 4. The molecule has 0 spiro atoms. The van der Waals surface area contributed by atoms with Gasteiger partial charge < -0.3 is 15.4 Å². The molecule has 0 aliphatic carbocycles. The molecule has 4 heteroatoms. The Labute approximate surface area is 120 Å². The van der Waals surface area contributed by atoms with Crippen LogP contribution in [-0.2, 0) is 0 Å². The molecule has 0 fully saturated rings. The minimum Gasteiger partial charge on any atom is -0.497 e. The van der Waals surface area contributed by atoms with Gasteiger partial charge in [-0.25, -0.2) is 0 Å². The standard InChI is InChI=1S/C16H21N3O/c1-4-15(17)16-9-8-13(11-18-16)19(2)12-6-5-7-14(10-12)20-3/h5-11,15H,4,17H2,1-3H3/t15-/m0/s1. The van der Waals surface area contributed by atoms with Crippen LogP contribution in [0.15, 0.2) is 42.6 Å². The summed E-state index contributed by atoms with van der Waals surface area (Å²) in [6.45, 7) is 2.06. The Morgan fingerprint density at radius 1 is 1.25 bits per heavy atom. The van der Waals surface area contributed by atoms with E-state index in [0.717, 1.165) is 29.2 Å². The monoisotopic (exact) mass is 271 g/mol. The van der Waals surface area contributed by atoms with Crippen molar-refractivity contribution in [2.24, 2.45) is 5.73 Å². The summed E-state index contributed by atoms with van der Waals surface area (Å²) in [5.41, 5.74) is 8.98. The lowest BCUT2D eigenvalue weighted by Crippen LogP contribution is -2.13. The van der Waals surface area contributed by atoms with Crippen LogP contribution in [0.25, 0.3) is 0 Å². The largest absolute Gasteiger partial charge is 0.497 e. The fourth-order valence-electron chi connectivity index (χ4n) is 1.99. The molecule has 1 aromatic carbocycles. The summed E-state index contributed by atoms with van der Waals surface area (Å²) in [6.07, 6.45) is 2.74. The topological polar surface area (TPSA) is 51.4 Å². The number of nitrogens with zero attached hydrogens (tertiary/aromatic N) is 2. The van der Waals surface area contributed by atoms with Crippen LogP contribution in [0, 0.1) is 0 Å². The van der Waals surface area contributed by atoms with Crippen molar-refractivity contribution in [3.8, 4) is 5.75 Å². The van der Waals surface area contributed by atoms with Crippen molar-refractivity contribution in [3.63, 3.8) is 0 Å². The van der Waals surface area contributed by atoms with E-state index in [9.17, 15) is 0 Å². The highest BCUT2D eigenvalue weighted by Gasteiger charge is 2.08. The van der Waals surface area contributed by atoms with Gasteiger partial charge in [0.05, 0.1) is 24.7 Å². The second kappa shape index (κ2) is 6.39. The van der Waals surface area contributed by atoms with Crippen molar-refractivity contribution in [2.75, 3.05) is 19.1 Å². The van der Waals surface area contributed by atoms with Crippen LogP contribution in [0.2, 0.25) is 0 Å². The first-order chi connectivity index (χ1) is 9.65. The van der Waals surface area contributed by atoms with Gasteiger partial charge in [0.15, 0.2) is 0 Å². The van der Waals surface area contributed by atoms with Crippen molar-refractivity contribution < 1.29 is 4.74 Å². The molecule has 106 valence electrons. The molecule has 20 heavy (non-hydrogen) atoms. The molecule has 0 saturated carbocycles. The highest BCUT2D eigenvalue weighted by Crippen LogP contribution is 2.26. The highest BCUT2D eigenvalue weighted by molar-refractivity contribution is 5.63. The third-order valence-electron chi connectivity index (χ3n) is 3.42. The Morgan fingerprint density at radius 2 is 2.05 bits per heavy atom. The zero-order chi connectivity index (χ0) is 14.5. The molecule has 0 aliphatic heterocycles. The summed E-state index contributed by atoms with van der Waals surface area (Å²) in [6, 6.07) is 12.0. The number of benzene rings is 1. The van der Waals surface area contributed by atoms with Crippen LogP contribution >= 0.6 is 0 Å². The van der Waals surface area contributed by atoms with Gasteiger partial charge in [-0.1, -0.05) is 13.0 Å². The molecule has 2 aromatic rings. The van der Waals surface area contributed by atoms with Gasteiger partial charge in [-0.3, -0.25) is 4.98 Å². The summed E-state index contributed by atoms with van der Waals surface area (Å²) in [4.78, 5) is 6.51. The summed E-state index contributed by atoms with van der Waals surface area (Å²) < 4.78 is 5.25. The Balaban J connectivity index is 2.22. The SMILES string of the molecule is CC[C@H](N)c1ccc(N(C)c2cccc(OC)c2)cn1. The van der Waals surface area contributed by atoms with E-state index in [4.69, 9.17) is 10.5 Å². The van der Waals surface area contributed by atoms with Crippen molar-refractivity contribution in [1.29, 1.82) is 0 Å². The summed E-state index contributed by atoms with van der Waals surface area (Å²) in [5, 5.41) is 0. The number of aromatic nitrogens is 1. The zero-order valence-corrected chi connectivity index (χ0v) is 12.2. The van der Waals surface area contributed by atoms with Crippen LogP contribution in [0.5, 0.6) is 5.75 Å². The smallest absolute Gasteiger partial charge is 0.120 e.